The maximum absolute atomic E-state index is 12.6. The number of ketones is 1. The van der Waals surface area contributed by atoms with Crippen LogP contribution in [0.3, 0.4) is 0 Å². The van der Waals surface area contributed by atoms with Crippen molar-refractivity contribution in [2.24, 2.45) is 0 Å². The van der Waals surface area contributed by atoms with Gasteiger partial charge in [0, 0.05) is 5.57 Å². The first-order valence-electron chi connectivity index (χ1n) is 11.1. The van der Waals surface area contributed by atoms with Gasteiger partial charge in [0.25, 0.3) is 0 Å². The summed E-state index contributed by atoms with van der Waals surface area (Å²) in [5.74, 6) is 1.58. The molecule has 0 unspecified atom stereocenters. The molecule has 0 amide bonds. The number of para-hydroxylation sites is 1. The number of rotatable bonds is 11. The molecule has 0 saturated heterocycles. The van der Waals surface area contributed by atoms with Crippen LogP contribution in [0.15, 0.2) is 54.1 Å². The lowest BCUT2D eigenvalue weighted by Crippen LogP contribution is -2.23. The highest BCUT2D eigenvalue weighted by Crippen LogP contribution is 2.27. The summed E-state index contributed by atoms with van der Waals surface area (Å²) in [7, 11) is 0. The van der Waals surface area contributed by atoms with Crippen molar-refractivity contribution in [1.29, 1.82) is 0 Å². The van der Waals surface area contributed by atoms with Gasteiger partial charge in [-0.1, -0.05) is 51.0 Å². The smallest absolute Gasteiger partial charge is 0.196 e. The molecule has 4 nitrogen and oxygen atoms in total. The predicted octanol–water partition coefficient (Wildman–Crippen LogP) is 5.63. The molecular weight excluding hydrogens is 374 g/mol. The first kappa shape index (κ1) is 22.1. The number of fused-ring (bicyclic) bond motifs is 1. The number of ether oxygens (including phenoxy) is 2. The first-order valence-corrected chi connectivity index (χ1v) is 11.1. The minimum atomic E-state index is 0.0400. The van der Waals surface area contributed by atoms with Crippen LogP contribution < -0.4 is 9.47 Å². The maximum Gasteiger partial charge on any atom is 0.196 e. The molecule has 0 spiro atoms. The van der Waals surface area contributed by atoms with Gasteiger partial charge >= 0.3 is 0 Å². The molecule has 30 heavy (non-hydrogen) atoms. The fourth-order valence-corrected chi connectivity index (χ4v) is 3.66. The Kier molecular flexibility index (Phi) is 8.52. The summed E-state index contributed by atoms with van der Waals surface area (Å²) in [6.07, 6.45) is 6.70. The number of Topliss-reactive ketones (excluding diaryl/α,β-unsaturated/α-hetero) is 1. The Bertz CT molecular complexity index is 838. The van der Waals surface area contributed by atoms with E-state index in [0.717, 1.165) is 37.4 Å². The average Bonchev–Trinajstić information content (AvgIpc) is 2.79. The number of unbranched alkanes of at least 4 members (excludes halogenated alkanes) is 3. The quantitative estimate of drug-likeness (QED) is 0.358. The van der Waals surface area contributed by atoms with E-state index >= 15 is 0 Å². The molecule has 0 fully saturated rings. The van der Waals surface area contributed by atoms with Gasteiger partial charge < -0.3 is 14.4 Å². The Hall–Kier alpha value is -2.59. The van der Waals surface area contributed by atoms with Crippen molar-refractivity contribution in [2.45, 2.75) is 39.5 Å². The second kappa shape index (κ2) is 11.6. The van der Waals surface area contributed by atoms with Crippen LogP contribution >= 0.6 is 0 Å². The molecule has 0 radical (unpaired) electrons. The third-order valence-corrected chi connectivity index (χ3v) is 5.56. The molecule has 1 heterocycles. The zero-order valence-corrected chi connectivity index (χ0v) is 18.2. The highest BCUT2D eigenvalue weighted by Gasteiger charge is 2.22. The van der Waals surface area contributed by atoms with E-state index < -0.39 is 0 Å². The highest BCUT2D eigenvalue weighted by atomic mass is 16.5. The summed E-state index contributed by atoms with van der Waals surface area (Å²) in [6, 6.07) is 15.3. The van der Waals surface area contributed by atoms with Crippen LogP contribution in [0.5, 0.6) is 11.5 Å². The Balaban J connectivity index is 1.41. The number of carbonyl (C=O) groups is 1. The second-order valence-corrected chi connectivity index (χ2v) is 7.64. The zero-order valence-electron chi connectivity index (χ0n) is 18.2. The van der Waals surface area contributed by atoms with Crippen LogP contribution in [0.2, 0.25) is 0 Å². The normalized spacial score (nSPS) is 14.6. The monoisotopic (exact) mass is 407 g/mol. The van der Waals surface area contributed by atoms with Gasteiger partial charge in [0.2, 0.25) is 0 Å². The Labute approximate surface area is 180 Å². The standard InChI is InChI=1S/C26H33NO3/c1-3-27(4-2)17-9-5-6-10-18-29-23-15-13-21(14-16-23)19-22-20-30-25-12-8-7-11-24(25)26(22)28/h7-8,11-16,19H,3-6,9-10,17-18,20H2,1-2H3/b22-19+. The van der Waals surface area contributed by atoms with Crippen molar-refractivity contribution in [2.75, 3.05) is 32.8 Å². The number of hydrogen-bond donors (Lipinski definition) is 0. The van der Waals surface area contributed by atoms with E-state index in [1.54, 1.807) is 0 Å². The summed E-state index contributed by atoms with van der Waals surface area (Å²) in [5, 5.41) is 0. The predicted molar refractivity (Wildman–Crippen MR) is 122 cm³/mol. The molecule has 3 rings (SSSR count). The van der Waals surface area contributed by atoms with Crippen LogP contribution in [0.1, 0.15) is 55.5 Å². The average molecular weight is 408 g/mol. The van der Waals surface area contributed by atoms with Gasteiger partial charge in [-0.2, -0.15) is 0 Å². The van der Waals surface area contributed by atoms with Crippen molar-refractivity contribution in [3.8, 4) is 11.5 Å². The van der Waals surface area contributed by atoms with Gasteiger partial charge in [-0.05, 0) is 68.4 Å². The van der Waals surface area contributed by atoms with Gasteiger partial charge in [0.05, 0.1) is 12.2 Å². The molecule has 2 aromatic carbocycles. The molecule has 1 aliphatic rings. The minimum absolute atomic E-state index is 0.0400. The molecule has 160 valence electrons. The van der Waals surface area contributed by atoms with Crippen LogP contribution in [0.4, 0.5) is 0 Å². The third kappa shape index (κ3) is 6.20. The maximum atomic E-state index is 12.6. The van der Waals surface area contributed by atoms with Gasteiger partial charge in [-0.3, -0.25) is 4.79 Å². The van der Waals surface area contributed by atoms with Crippen LogP contribution in [0.25, 0.3) is 6.08 Å². The summed E-state index contributed by atoms with van der Waals surface area (Å²) in [5.41, 5.74) is 2.28. The number of carbonyl (C=O) groups excluding carboxylic acids is 1. The first-order chi connectivity index (χ1) is 14.7. The summed E-state index contributed by atoms with van der Waals surface area (Å²) in [6.45, 7) is 8.97. The lowest BCUT2D eigenvalue weighted by Gasteiger charge is -2.18. The van der Waals surface area contributed by atoms with Crippen molar-refractivity contribution in [3.63, 3.8) is 0 Å². The van der Waals surface area contributed by atoms with Gasteiger partial charge in [-0.25, -0.2) is 0 Å². The molecule has 0 saturated carbocycles. The molecular formula is C26H33NO3. The molecule has 4 heteroatoms. The number of nitrogens with zero attached hydrogens (tertiary/aromatic N) is 1. The Morgan fingerprint density at radius 3 is 2.47 bits per heavy atom. The number of hydrogen-bond acceptors (Lipinski definition) is 4. The molecule has 0 aromatic heterocycles. The van der Waals surface area contributed by atoms with Crippen molar-refractivity contribution in [3.05, 3.63) is 65.2 Å². The Morgan fingerprint density at radius 1 is 0.967 bits per heavy atom. The fraction of sp³-hybridized carbons (Fsp3) is 0.423. The topological polar surface area (TPSA) is 38.8 Å². The van der Waals surface area contributed by atoms with Gasteiger partial charge in [0.1, 0.15) is 18.1 Å². The summed E-state index contributed by atoms with van der Waals surface area (Å²) >= 11 is 0. The molecule has 0 atom stereocenters. The minimum Gasteiger partial charge on any atom is -0.494 e. The molecule has 2 aromatic rings. The molecule has 1 aliphatic heterocycles. The highest BCUT2D eigenvalue weighted by molar-refractivity contribution is 6.14. The van der Waals surface area contributed by atoms with E-state index in [4.69, 9.17) is 9.47 Å². The summed E-state index contributed by atoms with van der Waals surface area (Å²) in [4.78, 5) is 15.1. The second-order valence-electron chi connectivity index (χ2n) is 7.64. The van der Waals surface area contributed by atoms with E-state index in [-0.39, 0.29) is 5.78 Å². The summed E-state index contributed by atoms with van der Waals surface area (Å²) < 4.78 is 11.6. The zero-order chi connectivity index (χ0) is 21.2. The van der Waals surface area contributed by atoms with Gasteiger partial charge in [0.15, 0.2) is 5.78 Å². The largest absolute Gasteiger partial charge is 0.494 e. The van der Waals surface area contributed by atoms with E-state index in [1.165, 1.54) is 25.8 Å². The van der Waals surface area contributed by atoms with Crippen LogP contribution in [0, 0.1) is 0 Å². The van der Waals surface area contributed by atoms with Crippen LogP contribution in [-0.2, 0) is 0 Å². The molecule has 0 aliphatic carbocycles. The van der Waals surface area contributed by atoms with Crippen molar-refractivity contribution >= 4 is 11.9 Å². The van der Waals surface area contributed by atoms with Crippen molar-refractivity contribution < 1.29 is 14.3 Å². The van der Waals surface area contributed by atoms with Gasteiger partial charge in [-0.15, -0.1) is 0 Å². The number of benzene rings is 2. The van der Waals surface area contributed by atoms with Crippen LogP contribution in [-0.4, -0.2) is 43.5 Å². The SMILES string of the molecule is CCN(CC)CCCCCCOc1ccc(/C=C2\COc3ccccc3C2=O)cc1. The molecule has 0 bridgehead atoms. The lowest BCUT2D eigenvalue weighted by molar-refractivity contribution is 0.100. The fourth-order valence-electron chi connectivity index (χ4n) is 3.66. The van der Waals surface area contributed by atoms with Crippen molar-refractivity contribution in [1.82, 2.24) is 4.90 Å². The van der Waals surface area contributed by atoms with E-state index in [9.17, 15) is 4.79 Å². The Morgan fingerprint density at radius 2 is 1.70 bits per heavy atom. The molecule has 0 N–H and O–H groups in total. The third-order valence-electron chi connectivity index (χ3n) is 5.56. The van der Waals surface area contributed by atoms with E-state index in [1.807, 2.05) is 54.6 Å². The van der Waals surface area contributed by atoms with E-state index in [2.05, 4.69) is 18.7 Å². The lowest BCUT2D eigenvalue weighted by atomic mass is 9.98. The van der Waals surface area contributed by atoms with E-state index in [0.29, 0.717) is 23.5 Å².